The van der Waals surface area contributed by atoms with Crippen LogP contribution in [0.1, 0.15) is 22.8 Å². The van der Waals surface area contributed by atoms with Crippen LogP contribution < -0.4 is 14.4 Å². The number of aromatic nitrogens is 2. The van der Waals surface area contributed by atoms with E-state index in [9.17, 15) is 4.79 Å². The zero-order valence-electron chi connectivity index (χ0n) is 12.7. The van der Waals surface area contributed by atoms with Gasteiger partial charge in [0.2, 0.25) is 5.88 Å². The van der Waals surface area contributed by atoms with Crippen molar-refractivity contribution in [2.75, 3.05) is 19.1 Å². The number of ether oxygens (including phenoxy) is 2. The van der Waals surface area contributed by atoms with Crippen LogP contribution in [-0.4, -0.2) is 36.5 Å². The summed E-state index contributed by atoms with van der Waals surface area (Å²) in [4.78, 5) is 22.1. The lowest BCUT2D eigenvalue weighted by molar-refractivity contribution is 0.112. The quantitative estimate of drug-likeness (QED) is 0.808. The van der Waals surface area contributed by atoms with E-state index in [0.717, 1.165) is 18.4 Å². The first kappa shape index (κ1) is 14.3. The highest BCUT2D eigenvalue weighted by Crippen LogP contribution is 2.40. The maximum absolute atomic E-state index is 11.6. The van der Waals surface area contributed by atoms with Gasteiger partial charge in [-0.3, -0.25) is 4.79 Å². The van der Waals surface area contributed by atoms with Crippen molar-refractivity contribution in [2.45, 2.75) is 19.4 Å². The van der Waals surface area contributed by atoms with Crippen LogP contribution in [0.3, 0.4) is 0 Å². The molecular formula is C16H17N3O3. The molecular weight excluding hydrogens is 282 g/mol. The maximum atomic E-state index is 11.6. The summed E-state index contributed by atoms with van der Waals surface area (Å²) >= 11 is 0. The van der Waals surface area contributed by atoms with E-state index in [1.54, 1.807) is 0 Å². The van der Waals surface area contributed by atoms with Crippen molar-refractivity contribution in [2.24, 2.45) is 0 Å². The van der Waals surface area contributed by atoms with Crippen molar-refractivity contribution in [3.8, 4) is 11.9 Å². The number of hydrogen-bond acceptors (Lipinski definition) is 6. The number of carbonyl (C=O) groups excluding carboxylic acids is 1. The lowest BCUT2D eigenvalue weighted by Gasteiger charge is -2.25. The summed E-state index contributed by atoms with van der Waals surface area (Å²) in [7, 11) is 2.96. The minimum absolute atomic E-state index is 0.175. The Hall–Kier alpha value is -2.63. The van der Waals surface area contributed by atoms with Gasteiger partial charge in [0.1, 0.15) is 5.56 Å². The van der Waals surface area contributed by atoms with Gasteiger partial charge in [-0.2, -0.15) is 9.97 Å². The molecule has 2 aromatic rings. The first-order valence-corrected chi connectivity index (χ1v) is 7.02. The average Bonchev–Trinajstić information content (AvgIpc) is 2.89. The summed E-state index contributed by atoms with van der Waals surface area (Å²) in [6.45, 7) is 2.09. The molecule has 1 unspecified atom stereocenters. The average molecular weight is 299 g/mol. The molecule has 1 atom stereocenters. The van der Waals surface area contributed by atoms with E-state index < -0.39 is 0 Å². The van der Waals surface area contributed by atoms with Crippen LogP contribution in [0.2, 0.25) is 0 Å². The molecule has 2 heterocycles. The summed E-state index contributed by atoms with van der Waals surface area (Å²) in [6.07, 6.45) is 1.62. The monoisotopic (exact) mass is 299 g/mol. The van der Waals surface area contributed by atoms with Gasteiger partial charge in [0, 0.05) is 11.7 Å². The molecule has 1 aliphatic heterocycles. The highest BCUT2D eigenvalue weighted by molar-refractivity contribution is 5.89. The summed E-state index contributed by atoms with van der Waals surface area (Å²) in [6, 6.07) is 8.45. The Morgan fingerprint density at radius 3 is 2.68 bits per heavy atom. The van der Waals surface area contributed by atoms with E-state index in [1.165, 1.54) is 19.8 Å². The number of benzene rings is 1. The first-order valence-electron chi connectivity index (χ1n) is 7.02. The Bertz CT molecular complexity index is 718. The van der Waals surface area contributed by atoms with Crippen LogP contribution in [0.15, 0.2) is 24.3 Å². The fourth-order valence-corrected chi connectivity index (χ4v) is 2.84. The van der Waals surface area contributed by atoms with Crippen molar-refractivity contribution in [3.63, 3.8) is 0 Å². The third kappa shape index (κ3) is 2.16. The van der Waals surface area contributed by atoms with Crippen molar-refractivity contribution >= 4 is 17.8 Å². The number of rotatable bonds is 4. The van der Waals surface area contributed by atoms with E-state index in [0.29, 0.717) is 11.4 Å². The molecule has 6 nitrogen and oxygen atoms in total. The Morgan fingerprint density at radius 2 is 2.00 bits per heavy atom. The number of anilines is 2. The Kier molecular flexibility index (Phi) is 3.66. The number of carbonyl (C=O) groups is 1. The highest BCUT2D eigenvalue weighted by atomic mass is 16.5. The largest absolute Gasteiger partial charge is 0.480 e. The molecule has 0 fully saturated rings. The second kappa shape index (κ2) is 5.63. The molecule has 114 valence electrons. The van der Waals surface area contributed by atoms with Crippen LogP contribution >= 0.6 is 0 Å². The fourth-order valence-electron chi connectivity index (χ4n) is 2.84. The van der Waals surface area contributed by atoms with Crippen molar-refractivity contribution in [1.82, 2.24) is 9.97 Å². The second-order valence-electron chi connectivity index (χ2n) is 5.13. The van der Waals surface area contributed by atoms with Crippen LogP contribution in [0.4, 0.5) is 11.5 Å². The van der Waals surface area contributed by atoms with Gasteiger partial charge in [0.15, 0.2) is 12.1 Å². The third-order valence-electron chi connectivity index (χ3n) is 3.80. The normalized spacial score (nSPS) is 16.3. The predicted octanol–water partition coefficient (Wildman–Crippen LogP) is 2.39. The SMILES string of the molecule is COc1nc(OC)c(C=O)c(N2c3ccccc3CC2C)n1. The Balaban J connectivity index is 2.21. The summed E-state index contributed by atoms with van der Waals surface area (Å²) in [5, 5.41) is 0. The minimum Gasteiger partial charge on any atom is -0.480 e. The van der Waals surface area contributed by atoms with Crippen LogP contribution in [0.25, 0.3) is 0 Å². The smallest absolute Gasteiger partial charge is 0.321 e. The van der Waals surface area contributed by atoms with Gasteiger partial charge in [-0.15, -0.1) is 0 Å². The van der Waals surface area contributed by atoms with E-state index in [-0.39, 0.29) is 17.9 Å². The Labute approximate surface area is 128 Å². The number of nitrogens with zero attached hydrogens (tertiary/aromatic N) is 3. The molecule has 0 spiro atoms. The number of methoxy groups -OCH3 is 2. The molecule has 3 rings (SSSR count). The van der Waals surface area contributed by atoms with Gasteiger partial charge in [-0.1, -0.05) is 18.2 Å². The topological polar surface area (TPSA) is 64.6 Å². The van der Waals surface area contributed by atoms with Gasteiger partial charge in [-0.25, -0.2) is 0 Å². The number of hydrogen-bond donors (Lipinski definition) is 0. The van der Waals surface area contributed by atoms with E-state index in [4.69, 9.17) is 9.47 Å². The van der Waals surface area contributed by atoms with Crippen molar-refractivity contribution < 1.29 is 14.3 Å². The lowest BCUT2D eigenvalue weighted by Crippen LogP contribution is -2.26. The maximum Gasteiger partial charge on any atom is 0.321 e. The van der Waals surface area contributed by atoms with Crippen LogP contribution in [0, 0.1) is 0 Å². The molecule has 1 aromatic carbocycles. The molecule has 1 aliphatic rings. The molecule has 0 saturated carbocycles. The van der Waals surface area contributed by atoms with Gasteiger partial charge in [0.05, 0.1) is 14.2 Å². The fraction of sp³-hybridized carbons (Fsp3) is 0.312. The standard InChI is InChI=1S/C16H17N3O3/c1-10-8-11-6-4-5-7-13(11)19(10)14-12(9-20)15(21-2)18-16(17-14)22-3/h4-7,9-10H,8H2,1-3H3. The number of fused-ring (bicyclic) bond motifs is 1. The molecule has 0 aliphatic carbocycles. The number of aldehydes is 1. The second-order valence-corrected chi connectivity index (χ2v) is 5.13. The van der Waals surface area contributed by atoms with E-state index in [2.05, 4.69) is 23.0 Å². The van der Waals surface area contributed by atoms with E-state index >= 15 is 0 Å². The summed E-state index contributed by atoms with van der Waals surface area (Å²) in [5.74, 6) is 0.726. The lowest BCUT2D eigenvalue weighted by atomic mass is 10.1. The zero-order chi connectivity index (χ0) is 15.7. The molecule has 0 radical (unpaired) electrons. The van der Waals surface area contributed by atoms with Gasteiger partial charge >= 0.3 is 6.01 Å². The predicted molar refractivity (Wildman–Crippen MR) is 82.3 cm³/mol. The summed E-state index contributed by atoms with van der Waals surface area (Å²) in [5.41, 5.74) is 2.59. The van der Waals surface area contributed by atoms with Crippen molar-refractivity contribution in [1.29, 1.82) is 0 Å². The summed E-state index contributed by atoms with van der Waals surface area (Å²) < 4.78 is 10.3. The molecule has 1 aromatic heterocycles. The zero-order valence-corrected chi connectivity index (χ0v) is 12.7. The van der Waals surface area contributed by atoms with Crippen LogP contribution in [0.5, 0.6) is 11.9 Å². The third-order valence-corrected chi connectivity index (χ3v) is 3.80. The molecule has 0 amide bonds. The van der Waals surface area contributed by atoms with E-state index in [1.807, 2.05) is 23.1 Å². The van der Waals surface area contributed by atoms with Crippen molar-refractivity contribution in [3.05, 3.63) is 35.4 Å². The van der Waals surface area contributed by atoms with Crippen LogP contribution in [-0.2, 0) is 6.42 Å². The molecule has 0 bridgehead atoms. The Morgan fingerprint density at radius 1 is 1.23 bits per heavy atom. The van der Waals surface area contributed by atoms with Gasteiger partial charge < -0.3 is 14.4 Å². The first-order chi connectivity index (χ1) is 10.7. The highest BCUT2D eigenvalue weighted by Gasteiger charge is 2.31. The van der Waals surface area contributed by atoms with Gasteiger partial charge in [-0.05, 0) is 25.0 Å². The minimum atomic E-state index is 0.175. The molecule has 6 heteroatoms. The molecule has 22 heavy (non-hydrogen) atoms. The molecule has 0 N–H and O–H groups in total. The van der Waals surface area contributed by atoms with Gasteiger partial charge in [0.25, 0.3) is 0 Å². The molecule has 0 saturated heterocycles. The number of para-hydroxylation sites is 1.